The van der Waals surface area contributed by atoms with E-state index in [1.807, 2.05) is 12.1 Å². The van der Waals surface area contributed by atoms with Gasteiger partial charge in [-0.25, -0.2) is 0 Å². The Morgan fingerprint density at radius 2 is 1.00 bits per heavy atom. The number of para-hydroxylation sites is 1. The first-order valence-electron chi connectivity index (χ1n) is 13.5. The molecule has 0 heterocycles. The summed E-state index contributed by atoms with van der Waals surface area (Å²) in [7, 11) is 0. The lowest BCUT2D eigenvalue weighted by Crippen LogP contribution is -2.14. The first-order chi connectivity index (χ1) is 14.7. The number of phenols is 1. The summed E-state index contributed by atoms with van der Waals surface area (Å²) < 4.78 is 0. The van der Waals surface area contributed by atoms with E-state index in [0.717, 1.165) is 5.92 Å². The van der Waals surface area contributed by atoms with Crippen molar-refractivity contribution in [3.8, 4) is 5.75 Å². The normalized spacial score (nSPS) is 12.5. The minimum atomic E-state index is 0.526. The van der Waals surface area contributed by atoms with Crippen LogP contribution in [0.2, 0.25) is 0 Å². The summed E-state index contributed by atoms with van der Waals surface area (Å²) in [4.78, 5) is 0. The second-order valence-corrected chi connectivity index (χ2v) is 9.53. The molecule has 0 spiro atoms. The van der Waals surface area contributed by atoms with Gasteiger partial charge in [0.2, 0.25) is 0 Å². The summed E-state index contributed by atoms with van der Waals surface area (Å²) in [6, 6.07) is 8.20. The molecule has 30 heavy (non-hydrogen) atoms. The monoisotopic (exact) mass is 416 g/mol. The molecule has 0 bridgehead atoms. The fraction of sp³-hybridized carbons (Fsp3) is 0.793. The highest BCUT2D eigenvalue weighted by atomic mass is 16.3. The van der Waals surface area contributed by atoms with Crippen LogP contribution in [-0.2, 0) is 0 Å². The van der Waals surface area contributed by atoms with Gasteiger partial charge >= 0.3 is 0 Å². The first kappa shape index (κ1) is 27.1. The highest BCUT2D eigenvalue weighted by Crippen LogP contribution is 2.40. The SMILES string of the molecule is CCCCCCCCCC(c1ccccc1O)C(CCCCCC)CCCCCC. The minimum absolute atomic E-state index is 0.526. The van der Waals surface area contributed by atoms with Crippen molar-refractivity contribution >= 4 is 0 Å². The molecule has 1 N–H and O–H groups in total. The molecule has 1 heteroatoms. The lowest BCUT2D eigenvalue weighted by molar-refractivity contribution is 0.315. The molecule has 0 aliphatic rings. The van der Waals surface area contributed by atoms with Crippen molar-refractivity contribution in [1.29, 1.82) is 0 Å². The molecule has 0 saturated carbocycles. The van der Waals surface area contributed by atoms with Crippen LogP contribution in [0.15, 0.2) is 24.3 Å². The molecule has 1 atom stereocenters. The highest BCUT2D eigenvalue weighted by Gasteiger charge is 2.24. The van der Waals surface area contributed by atoms with E-state index in [1.165, 1.54) is 121 Å². The van der Waals surface area contributed by atoms with Crippen LogP contribution in [0.1, 0.15) is 148 Å². The third kappa shape index (κ3) is 12.0. The van der Waals surface area contributed by atoms with E-state index < -0.39 is 0 Å². The van der Waals surface area contributed by atoms with E-state index in [4.69, 9.17) is 0 Å². The average Bonchev–Trinajstić information content (AvgIpc) is 2.76. The van der Waals surface area contributed by atoms with Gasteiger partial charge in [0.05, 0.1) is 0 Å². The molecular formula is C29H52O. The second-order valence-electron chi connectivity index (χ2n) is 9.53. The van der Waals surface area contributed by atoms with Gasteiger partial charge in [-0.05, 0) is 42.7 Å². The van der Waals surface area contributed by atoms with E-state index in [-0.39, 0.29) is 0 Å². The summed E-state index contributed by atoms with van der Waals surface area (Å²) in [6.07, 6.45) is 24.3. The molecule has 0 aliphatic carbocycles. The summed E-state index contributed by atoms with van der Waals surface area (Å²) >= 11 is 0. The first-order valence-corrected chi connectivity index (χ1v) is 13.5. The third-order valence-electron chi connectivity index (χ3n) is 6.88. The topological polar surface area (TPSA) is 20.2 Å². The molecule has 1 nitrogen and oxygen atoms in total. The zero-order chi connectivity index (χ0) is 21.9. The fourth-order valence-corrected chi connectivity index (χ4v) is 4.98. The number of unbranched alkanes of at least 4 members (excludes halogenated alkanes) is 12. The Kier molecular flexibility index (Phi) is 16.9. The highest BCUT2D eigenvalue weighted by molar-refractivity contribution is 5.35. The lowest BCUT2D eigenvalue weighted by atomic mass is 9.76. The summed E-state index contributed by atoms with van der Waals surface area (Å²) in [6.45, 7) is 6.89. The van der Waals surface area contributed by atoms with Gasteiger partial charge < -0.3 is 5.11 Å². The van der Waals surface area contributed by atoms with Crippen molar-refractivity contribution in [2.24, 2.45) is 5.92 Å². The molecule has 0 aromatic heterocycles. The summed E-state index contributed by atoms with van der Waals surface area (Å²) in [5.74, 6) is 1.79. The van der Waals surface area contributed by atoms with Gasteiger partial charge in [0.1, 0.15) is 5.75 Å². The summed E-state index contributed by atoms with van der Waals surface area (Å²) in [5, 5.41) is 10.6. The number of hydrogen-bond donors (Lipinski definition) is 1. The van der Waals surface area contributed by atoms with Crippen LogP contribution in [0.3, 0.4) is 0 Å². The number of hydrogen-bond acceptors (Lipinski definition) is 1. The summed E-state index contributed by atoms with van der Waals surface area (Å²) in [5.41, 5.74) is 1.22. The quantitative estimate of drug-likeness (QED) is 0.210. The second kappa shape index (κ2) is 18.8. The molecular weight excluding hydrogens is 364 g/mol. The zero-order valence-electron chi connectivity index (χ0n) is 20.6. The molecule has 174 valence electrons. The van der Waals surface area contributed by atoms with Crippen LogP contribution in [0.25, 0.3) is 0 Å². The van der Waals surface area contributed by atoms with Crippen LogP contribution in [-0.4, -0.2) is 5.11 Å². The zero-order valence-corrected chi connectivity index (χ0v) is 20.6. The van der Waals surface area contributed by atoms with Gasteiger partial charge in [-0.3, -0.25) is 0 Å². The molecule has 0 aliphatic heterocycles. The van der Waals surface area contributed by atoms with Crippen LogP contribution in [0.4, 0.5) is 0 Å². The van der Waals surface area contributed by atoms with Crippen LogP contribution < -0.4 is 0 Å². The van der Waals surface area contributed by atoms with Crippen molar-refractivity contribution < 1.29 is 5.11 Å². The maximum atomic E-state index is 10.6. The number of rotatable bonds is 20. The Morgan fingerprint density at radius 3 is 1.53 bits per heavy atom. The Labute approximate surface area is 189 Å². The number of aromatic hydroxyl groups is 1. The van der Waals surface area contributed by atoms with Gasteiger partial charge in [0, 0.05) is 0 Å². The minimum Gasteiger partial charge on any atom is -0.508 e. The van der Waals surface area contributed by atoms with E-state index in [9.17, 15) is 5.11 Å². The van der Waals surface area contributed by atoms with Gasteiger partial charge in [-0.2, -0.15) is 0 Å². The van der Waals surface area contributed by atoms with E-state index in [0.29, 0.717) is 11.7 Å². The molecule has 0 saturated heterocycles. The van der Waals surface area contributed by atoms with Crippen molar-refractivity contribution in [2.45, 2.75) is 142 Å². The third-order valence-corrected chi connectivity index (χ3v) is 6.88. The standard InChI is InChI=1S/C29H52O/c1-4-7-10-13-14-15-18-23-27(28-24-19-20-25-29(28)30)26(21-16-11-8-5-2)22-17-12-9-6-3/h19-20,24-27,30H,4-18,21-23H2,1-3H3. The van der Waals surface area contributed by atoms with Gasteiger partial charge in [-0.1, -0.05) is 135 Å². The molecule has 1 unspecified atom stereocenters. The van der Waals surface area contributed by atoms with Crippen molar-refractivity contribution in [3.05, 3.63) is 29.8 Å². The van der Waals surface area contributed by atoms with Crippen LogP contribution >= 0.6 is 0 Å². The van der Waals surface area contributed by atoms with E-state index in [2.05, 4.69) is 32.9 Å². The predicted octanol–water partition coefficient (Wildman–Crippen LogP) is 10.2. The van der Waals surface area contributed by atoms with Gasteiger partial charge in [0.15, 0.2) is 0 Å². The van der Waals surface area contributed by atoms with Crippen LogP contribution in [0, 0.1) is 5.92 Å². The average molecular weight is 417 g/mol. The lowest BCUT2D eigenvalue weighted by Gasteiger charge is -2.29. The molecule has 1 aromatic rings. The molecule has 1 rings (SSSR count). The Balaban J connectivity index is 2.74. The Hall–Kier alpha value is -0.980. The van der Waals surface area contributed by atoms with E-state index >= 15 is 0 Å². The molecule has 0 amide bonds. The Morgan fingerprint density at radius 1 is 0.567 bits per heavy atom. The molecule has 0 fully saturated rings. The predicted molar refractivity (Wildman–Crippen MR) is 134 cm³/mol. The van der Waals surface area contributed by atoms with Crippen molar-refractivity contribution in [3.63, 3.8) is 0 Å². The number of phenolic OH excluding ortho intramolecular Hbond substituents is 1. The maximum absolute atomic E-state index is 10.6. The van der Waals surface area contributed by atoms with Crippen LogP contribution in [0.5, 0.6) is 5.75 Å². The number of benzene rings is 1. The van der Waals surface area contributed by atoms with Gasteiger partial charge in [-0.15, -0.1) is 0 Å². The molecule has 1 aromatic carbocycles. The largest absolute Gasteiger partial charge is 0.508 e. The van der Waals surface area contributed by atoms with Crippen molar-refractivity contribution in [2.75, 3.05) is 0 Å². The molecule has 0 radical (unpaired) electrons. The Bertz CT molecular complexity index is 483. The smallest absolute Gasteiger partial charge is 0.119 e. The van der Waals surface area contributed by atoms with Gasteiger partial charge in [0.25, 0.3) is 0 Å². The van der Waals surface area contributed by atoms with Crippen molar-refractivity contribution in [1.82, 2.24) is 0 Å². The maximum Gasteiger partial charge on any atom is 0.119 e. The fourth-order valence-electron chi connectivity index (χ4n) is 4.98. The van der Waals surface area contributed by atoms with E-state index in [1.54, 1.807) is 0 Å².